The van der Waals surface area contributed by atoms with E-state index in [1.54, 1.807) is 6.20 Å². The number of thioether (sulfide) groups is 2. The molecule has 0 bridgehead atoms. The first-order valence-electron chi connectivity index (χ1n) is 17.1. The quantitative estimate of drug-likeness (QED) is 0.137. The number of aromatic nitrogens is 2. The van der Waals surface area contributed by atoms with E-state index in [2.05, 4.69) is 34.5 Å². The van der Waals surface area contributed by atoms with Crippen molar-refractivity contribution in [2.24, 2.45) is 10.7 Å². The van der Waals surface area contributed by atoms with Gasteiger partial charge in [-0.05, 0) is 91.8 Å². The lowest BCUT2D eigenvalue weighted by Crippen LogP contribution is -2.38. The van der Waals surface area contributed by atoms with E-state index in [1.807, 2.05) is 86.8 Å². The molecule has 6 rings (SSSR count). The molecular weight excluding hydrogens is 693 g/mol. The maximum atomic E-state index is 13.6. The number of carbonyl (C=O) groups excluding carboxylic acids is 2. The number of amides is 2. The predicted octanol–water partition coefficient (Wildman–Crippen LogP) is 6.65. The minimum Gasteiger partial charge on any atom is -0.493 e. The number of ether oxygens (including phenoxy) is 2. The third-order valence-corrected chi connectivity index (χ3v) is 11.3. The van der Waals surface area contributed by atoms with Gasteiger partial charge in [-0.2, -0.15) is 4.99 Å². The Morgan fingerprint density at radius 2 is 1.44 bits per heavy atom. The number of carbonyl (C=O) groups is 2. The van der Waals surface area contributed by atoms with Crippen LogP contribution < -0.4 is 15.2 Å². The number of hydrogen-bond donors (Lipinski definition) is 2. The van der Waals surface area contributed by atoms with Crippen LogP contribution in [-0.4, -0.2) is 59.7 Å². The summed E-state index contributed by atoms with van der Waals surface area (Å²) in [6.45, 7) is 11.0. The second-order valence-electron chi connectivity index (χ2n) is 13.3. The van der Waals surface area contributed by atoms with Gasteiger partial charge in [0.15, 0.2) is 10.3 Å². The van der Waals surface area contributed by atoms with Crippen molar-refractivity contribution in [3.63, 3.8) is 0 Å². The van der Waals surface area contributed by atoms with Crippen molar-refractivity contribution in [3.8, 4) is 11.5 Å². The SMILES string of the molecule is C=C(COc1ccc(CC2(C)SC(=N)N(Cc3ccc(CCOc4ccc(CC5(C)SC(N)=NC5=O)cc4)nc3)C2=O)cc1)c1ccc(CC)cn1. The van der Waals surface area contributed by atoms with E-state index in [1.165, 1.54) is 34.0 Å². The average Bonchev–Trinajstić information content (AvgIpc) is 3.51. The number of benzene rings is 2. The van der Waals surface area contributed by atoms with Crippen molar-refractivity contribution in [1.82, 2.24) is 14.9 Å². The van der Waals surface area contributed by atoms with E-state index < -0.39 is 9.49 Å². The van der Waals surface area contributed by atoms with Gasteiger partial charge in [-0.1, -0.05) is 73.4 Å². The Labute approximate surface area is 312 Å². The molecule has 2 atom stereocenters. The molecule has 1 saturated heterocycles. The summed E-state index contributed by atoms with van der Waals surface area (Å²) in [5, 5.41) is 9.16. The molecule has 2 aliphatic rings. The van der Waals surface area contributed by atoms with Crippen molar-refractivity contribution in [2.75, 3.05) is 13.2 Å². The van der Waals surface area contributed by atoms with Gasteiger partial charge >= 0.3 is 0 Å². The number of aryl methyl sites for hydroxylation is 1. The monoisotopic (exact) mass is 734 g/mol. The highest BCUT2D eigenvalue weighted by Crippen LogP contribution is 2.40. The second-order valence-corrected chi connectivity index (χ2v) is 16.3. The normalized spacial score (nSPS) is 19.9. The molecule has 4 heterocycles. The molecule has 1 fully saturated rings. The average molecular weight is 735 g/mol. The smallest absolute Gasteiger partial charge is 0.264 e. The van der Waals surface area contributed by atoms with Crippen LogP contribution in [0.25, 0.3) is 5.57 Å². The van der Waals surface area contributed by atoms with Crippen LogP contribution in [0.15, 0.2) is 96.8 Å². The Bertz CT molecular complexity index is 1980. The Morgan fingerprint density at radius 3 is 2.02 bits per heavy atom. The van der Waals surface area contributed by atoms with Crippen LogP contribution in [0.5, 0.6) is 11.5 Å². The van der Waals surface area contributed by atoms with Crippen molar-refractivity contribution < 1.29 is 19.1 Å². The van der Waals surface area contributed by atoms with Gasteiger partial charge in [0.2, 0.25) is 5.91 Å². The summed E-state index contributed by atoms with van der Waals surface area (Å²) in [5.74, 6) is 1.15. The van der Waals surface area contributed by atoms with E-state index in [0.29, 0.717) is 43.4 Å². The van der Waals surface area contributed by atoms with Gasteiger partial charge in [0, 0.05) is 30.1 Å². The molecule has 0 aliphatic carbocycles. The van der Waals surface area contributed by atoms with Crippen LogP contribution in [0.2, 0.25) is 0 Å². The van der Waals surface area contributed by atoms with Crippen molar-refractivity contribution in [1.29, 1.82) is 5.41 Å². The van der Waals surface area contributed by atoms with Crippen LogP contribution >= 0.6 is 23.5 Å². The first-order chi connectivity index (χ1) is 24.9. The van der Waals surface area contributed by atoms with Gasteiger partial charge < -0.3 is 15.2 Å². The standard InChI is InChI=1S/C40H42N6O4S2/c1-5-27-11-17-34(44-22-27)26(2)25-50-33-15-9-29(10-16-33)21-40(4)36(48)46(38(42)52-40)24-30-6-12-31(43-23-30)18-19-49-32-13-7-28(8-14-32)20-39(3)35(47)45-37(41)51-39/h6-17,22-23,42H,2,5,18-21,24-25H2,1,3-4H3,(H2,41,45,47). The third-order valence-electron chi connectivity index (χ3n) is 9.05. The number of rotatable bonds is 15. The zero-order chi connectivity index (χ0) is 36.9. The van der Waals surface area contributed by atoms with Gasteiger partial charge in [-0.15, -0.1) is 0 Å². The van der Waals surface area contributed by atoms with Crippen molar-refractivity contribution in [3.05, 3.63) is 125 Å². The summed E-state index contributed by atoms with van der Waals surface area (Å²) < 4.78 is 10.4. The van der Waals surface area contributed by atoms with Crippen LogP contribution in [-0.2, 0) is 41.8 Å². The maximum Gasteiger partial charge on any atom is 0.264 e. The number of hydrogen-bond acceptors (Lipinski definition) is 10. The molecule has 2 aromatic carbocycles. The number of nitrogens with two attached hydrogens (primary N) is 1. The van der Waals surface area contributed by atoms with Crippen LogP contribution in [0.3, 0.4) is 0 Å². The fourth-order valence-electron chi connectivity index (χ4n) is 6.00. The van der Waals surface area contributed by atoms with E-state index in [-0.39, 0.29) is 23.5 Å². The summed E-state index contributed by atoms with van der Waals surface area (Å²) >= 11 is 2.58. The maximum absolute atomic E-state index is 13.6. The summed E-state index contributed by atoms with van der Waals surface area (Å²) in [4.78, 5) is 40.3. The molecule has 0 spiro atoms. The largest absolute Gasteiger partial charge is 0.493 e. The summed E-state index contributed by atoms with van der Waals surface area (Å²) in [7, 11) is 0. The number of aliphatic imine (C=N–C) groups is 1. The lowest BCUT2D eigenvalue weighted by atomic mass is 9.98. The lowest BCUT2D eigenvalue weighted by molar-refractivity contribution is -0.129. The topological polar surface area (TPSA) is 144 Å². The number of nitrogens with zero attached hydrogens (tertiary/aromatic N) is 4. The zero-order valence-corrected chi connectivity index (χ0v) is 31.2. The molecule has 0 radical (unpaired) electrons. The summed E-state index contributed by atoms with van der Waals surface area (Å²) in [6.07, 6.45) is 6.19. The number of nitrogens with one attached hydrogen (secondary N) is 1. The Morgan fingerprint density at radius 1 is 0.827 bits per heavy atom. The Balaban J connectivity index is 0.951. The molecule has 2 aliphatic heterocycles. The van der Waals surface area contributed by atoms with Crippen LogP contribution in [0.1, 0.15) is 54.4 Å². The molecule has 52 heavy (non-hydrogen) atoms. The van der Waals surface area contributed by atoms with E-state index in [0.717, 1.165) is 45.8 Å². The van der Waals surface area contributed by atoms with Crippen molar-refractivity contribution in [2.45, 2.75) is 62.5 Å². The van der Waals surface area contributed by atoms with Crippen LogP contribution in [0, 0.1) is 5.41 Å². The Kier molecular flexibility index (Phi) is 11.2. The predicted molar refractivity (Wildman–Crippen MR) is 209 cm³/mol. The van der Waals surface area contributed by atoms with E-state index in [4.69, 9.17) is 20.6 Å². The molecule has 3 N–H and O–H groups in total. The first kappa shape index (κ1) is 36.8. The van der Waals surface area contributed by atoms with Gasteiger partial charge in [0.05, 0.1) is 18.8 Å². The minimum absolute atomic E-state index is 0.0932. The van der Waals surface area contributed by atoms with Gasteiger partial charge in [-0.3, -0.25) is 29.9 Å². The number of pyridine rings is 2. The lowest BCUT2D eigenvalue weighted by Gasteiger charge is -2.21. The van der Waals surface area contributed by atoms with Crippen molar-refractivity contribution >= 4 is 51.2 Å². The molecule has 12 heteroatoms. The molecule has 268 valence electrons. The molecule has 2 aromatic heterocycles. The van der Waals surface area contributed by atoms with Gasteiger partial charge in [0.25, 0.3) is 5.91 Å². The fourth-order valence-corrected chi connectivity index (χ4v) is 8.08. The highest BCUT2D eigenvalue weighted by Gasteiger charge is 2.47. The molecule has 0 saturated carbocycles. The van der Waals surface area contributed by atoms with E-state index in [9.17, 15) is 9.59 Å². The zero-order valence-electron chi connectivity index (χ0n) is 29.6. The minimum atomic E-state index is -0.791. The molecular formula is C40H42N6O4S2. The highest BCUT2D eigenvalue weighted by atomic mass is 32.2. The molecule has 10 nitrogen and oxygen atoms in total. The highest BCUT2D eigenvalue weighted by molar-refractivity contribution is 8.16. The summed E-state index contributed by atoms with van der Waals surface area (Å²) in [6, 6.07) is 23.3. The van der Waals surface area contributed by atoms with Gasteiger partial charge in [0.1, 0.15) is 27.6 Å². The third kappa shape index (κ3) is 8.74. The molecule has 4 aromatic rings. The second kappa shape index (κ2) is 15.7. The summed E-state index contributed by atoms with van der Waals surface area (Å²) in [5.41, 5.74) is 12.2. The molecule has 2 unspecified atom stereocenters. The van der Waals surface area contributed by atoms with Crippen LogP contribution in [0.4, 0.5) is 0 Å². The number of amidine groups is 2. The Hall–Kier alpha value is -4.94. The molecule has 2 amide bonds. The van der Waals surface area contributed by atoms with Gasteiger partial charge in [-0.25, -0.2) is 0 Å². The van der Waals surface area contributed by atoms with E-state index >= 15 is 0 Å². The fraction of sp³-hybridized carbons (Fsp3) is 0.300. The first-order valence-corrected chi connectivity index (χ1v) is 18.7.